The van der Waals surface area contributed by atoms with Gasteiger partial charge in [0.2, 0.25) is 23.6 Å². The first-order valence-corrected chi connectivity index (χ1v) is 21.7. The Balaban J connectivity index is 0.776. The van der Waals surface area contributed by atoms with Crippen molar-refractivity contribution < 1.29 is 33.2 Å². The minimum atomic E-state index is -1.04. The lowest BCUT2D eigenvalue weighted by molar-refractivity contribution is -0.137. The van der Waals surface area contributed by atoms with Crippen LogP contribution in [0.25, 0.3) is 0 Å². The number of benzene rings is 3. The van der Waals surface area contributed by atoms with Crippen molar-refractivity contribution >= 4 is 41.1 Å². The topological polar surface area (TPSA) is 134 Å². The summed E-state index contributed by atoms with van der Waals surface area (Å²) >= 11 is 0. The number of aryl methyl sites for hydroxylation is 2. The maximum Gasteiger partial charge on any atom is 0.262 e. The van der Waals surface area contributed by atoms with E-state index in [0.29, 0.717) is 56.7 Å². The van der Waals surface area contributed by atoms with Gasteiger partial charge in [-0.2, -0.15) is 0 Å². The molecule has 14 heteroatoms. The van der Waals surface area contributed by atoms with E-state index in [1.54, 1.807) is 30.3 Å². The Hall–Kier alpha value is -5.47. The van der Waals surface area contributed by atoms with Gasteiger partial charge in [0.1, 0.15) is 11.9 Å². The van der Waals surface area contributed by atoms with Crippen LogP contribution in [0.15, 0.2) is 60.7 Å². The molecule has 1 N–H and O–H groups in total. The summed E-state index contributed by atoms with van der Waals surface area (Å²) in [6.45, 7) is 8.29. The van der Waals surface area contributed by atoms with Gasteiger partial charge in [-0.3, -0.25) is 43.9 Å². The Morgan fingerprint density at radius 2 is 1.51 bits per heavy atom. The maximum atomic E-state index is 14.7. The van der Waals surface area contributed by atoms with Crippen LogP contribution < -0.4 is 10.2 Å². The van der Waals surface area contributed by atoms with Gasteiger partial charge in [-0.25, -0.2) is 4.39 Å². The predicted octanol–water partition coefficient (Wildman–Crippen LogP) is 3.98. The molecule has 3 atom stereocenters. The van der Waals surface area contributed by atoms with Gasteiger partial charge in [-0.15, -0.1) is 0 Å². The van der Waals surface area contributed by atoms with Gasteiger partial charge in [0.25, 0.3) is 11.8 Å². The molecule has 5 aliphatic heterocycles. The lowest BCUT2D eigenvalue weighted by atomic mass is 9.92. The number of likely N-dealkylation sites (N-methyl/N-ethyl adjacent to an activating group) is 1. The highest BCUT2D eigenvalue weighted by Gasteiger charge is 2.45. The molecule has 5 heterocycles. The maximum absolute atomic E-state index is 14.7. The van der Waals surface area contributed by atoms with E-state index in [1.807, 2.05) is 22.8 Å². The summed E-state index contributed by atoms with van der Waals surface area (Å²) in [5, 5.41) is 2.22. The first kappa shape index (κ1) is 42.2. The van der Waals surface area contributed by atoms with Crippen LogP contribution in [0.3, 0.4) is 0 Å². The number of carbonyl (C=O) groups is 6. The largest absolute Gasteiger partial charge is 0.368 e. The SMILES string of the molecule is Cc1cccc(F)c1CN1C[C@H](c2ccc(N3CCN(C(=O)CC4CCN(C(=O)CCc5cccc6c5C(=O)N(C5CCC(=O)NC5=O)C6=O)CC4)CC3)cc2)[C@@H](N(C)C)C1. The number of likely N-dealkylation sites (tertiary alicyclic amines) is 2. The highest BCUT2D eigenvalue weighted by atomic mass is 19.1. The van der Waals surface area contributed by atoms with Gasteiger partial charge < -0.3 is 19.6 Å². The van der Waals surface area contributed by atoms with Gasteiger partial charge in [0, 0.05) is 101 Å². The molecule has 13 nitrogen and oxygen atoms in total. The molecule has 0 bridgehead atoms. The van der Waals surface area contributed by atoms with Crippen molar-refractivity contribution in [3.05, 3.63) is 99.9 Å². The molecule has 61 heavy (non-hydrogen) atoms. The van der Waals surface area contributed by atoms with E-state index in [9.17, 15) is 33.2 Å². The second-order valence-corrected chi connectivity index (χ2v) is 17.6. The normalized spacial score (nSPS) is 22.7. The lowest BCUT2D eigenvalue weighted by Crippen LogP contribution is -2.54. The molecular formula is C47H56FN7O6. The van der Waals surface area contributed by atoms with Crippen molar-refractivity contribution in [1.82, 2.24) is 29.8 Å². The second-order valence-electron chi connectivity index (χ2n) is 17.6. The highest BCUT2D eigenvalue weighted by Crippen LogP contribution is 2.34. The number of rotatable bonds is 11. The van der Waals surface area contributed by atoms with Crippen LogP contribution >= 0.6 is 0 Å². The monoisotopic (exact) mass is 833 g/mol. The summed E-state index contributed by atoms with van der Waals surface area (Å²) in [7, 11) is 4.24. The summed E-state index contributed by atoms with van der Waals surface area (Å²) in [4.78, 5) is 89.3. The van der Waals surface area contributed by atoms with Crippen LogP contribution in [-0.2, 0) is 32.1 Å². The fourth-order valence-corrected chi connectivity index (χ4v) is 10.0. The second kappa shape index (κ2) is 17.9. The van der Waals surface area contributed by atoms with Crippen LogP contribution in [0.1, 0.15) is 87.4 Å². The molecule has 0 saturated carbocycles. The lowest BCUT2D eigenvalue weighted by Gasteiger charge is -2.38. The summed E-state index contributed by atoms with van der Waals surface area (Å²) in [5.74, 6) is -1.72. The number of anilines is 1. The zero-order chi connectivity index (χ0) is 42.9. The fraction of sp³-hybridized carbons (Fsp3) is 0.489. The van der Waals surface area contributed by atoms with Crippen molar-refractivity contribution in [2.75, 3.05) is 71.4 Å². The molecule has 0 aromatic heterocycles. The number of nitrogens with one attached hydrogen (secondary N) is 1. The van der Waals surface area contributed by atoms with Crippen LogP contribution in [0.4, 0.5) is 10.1 Å². The molecular weight excluding hydrogens is 778 g/mol. The molecule has 0 spiro atoms. The molecule has 3 aromatic carbocycles. The average Bonchev–Trinajstić information content (AvgIpc) is 3.80. The van der Waals surface area contributed by atoms with Crippen LogP contribution in [-0.4, -0.2) is 138 Å². The summed E-state index contributed by atoms with van der Waals surface area (Å²) in [5.41, 5.74) is 5.21. The zero-order valence-corrected chi connectivity index (χ0v) is 35.4. The van der Waals surface area contributed by atoms with Gasteiger partial charge in [0.05, 0.1) is 11.1 Å². The Morgan fingerprint density at radius 1 is 0.803 bits per heavy atom. The van der Waals surface area contributed by atoms with Gasteiger partial charge in [-0.1, -0.05) is 36.4 Å². The highest BCUT2D eigenvalue weighted by molar-refractivity contribution is 6.24. The zero-order valence-electron chi connectivity index (χ0n) is 35.4. The average molecular weight is 834 g/mol. The number of imide groups is 2. The standard InChI is InChI=1S/C47H56FN7O6/c1-30-6-4-9-38(48)36(30)27-51-28-37(40(29-51)50(2)3)32-10-13-34(14-11-32)52-22-24-54(25-23-52)43(58)26-31-18-20-53(21-19-31)42(57)17-12-33-7-5-8-35-44(33)47(61)55(46(35)60)39-15-16-41(56)49-45(39)59/h4-11,13-14,31,37,39-40H,12,15-29H2,1-3H3,(H,49,56,59)/t37-,39?,40+/m1/s1. The number of amides is 6. The molecule has 1 unspecified atom stereocenters. The van der Waals surface area contributed by atoms with Crippen molar-refractivity contribution in [2.24, 2.45) is 5.92 Å². The third-order valence-corrected chi connectivity index (χ3v) is 13.7. The van der Waals surface area contributed by atoms with E-state index in [2.05, 4.69) is 58.4 Å². The third kappa shape index (κ3) is 8.83. The van der Waals surface area contributed by atoms with Gasteiger partial charge >= 0.3 is 0 Å². The number of carbonyl (C=O) groups excluding carboxylic acids is 6. The van der Waals surface area contributed by atoms with Crippen molar-refractivity contribution in [2.45, 2.75) is 76.4 Å². The van der Waals surface area contributed by atoms with Crippen LogP contribution in [0.5, 0.6) is 0 Å². The quantitative estimate of drug-likeness (QED) is 0.285. The number of nitrogens with zero attached hydrogens (tertiary/aromatic N) is 6. The summed E-state index contributed by atoms with van der Waals surface area (Å²) in [6, 6.07) is 18.4. The first-order chi connectivity index (χ1) is 29.4. The van der Waals surface area contributed by atoms with E-state index in [4.69, 9.17) is 0 Å². The minimum absolute atomic E-state index is 0.0390. The van der Waals surface area contributed by atoms with Crippen LogP contribution in [0, 0.1) is 18.7 Å². The number of hydrogen-bond donors (Lipinski definition) is 1. The molecule has 0 radical (unpaired) electrons. The number of piperidine rings is 2. The Bertz CT molecular complexity index is 2180. The molecule has 4 fully saturated rings. The summed E-state index contributed by atoms with van der Waals surface area (Å²) in [6.07, 6.45) is 2.52. The van der Waals surface area contributed by atoms with E-state index in [1.165, 1.54) is 5.56 Å². The van der Waals surface area contributed by atoms with Crippen LogP contribution in [0.2, 0.25) is 0 Å². The van der Waals surface area contributed by atoms with E-state index < -0.39 is 29.7 Å². The number of fused-ring (bicyclic) bond motifs is 1. The molecule has 3 aromatic rings. The van der Waals surface area contributed by atoms with Gasteiger partial charge in [0.15, 0.2) is 0 Å². The molecule has 6 amide bonds. The van der Waals surface area contributed by atoms with Gasteiger partial charge in [-0.05, 0) is 93.6 Å². The Kier molecular flexibility index (Phi) is 12.4. The minimum Gasteiger partial charge on any atom is -0.368 e. The molecule has 322 valence electrons. The van der Waals surface area contributed by atoms with E-state index in [-0.39, 0.29) is 60.4 Å². The van der Waals surface area contributed by atoms with Crippen molar-refractivity contribution in [3.63, 3.8) is 0 Å². The molecule has 4 saturated heterocycles. The van der Waals surface area contributed by atoms with E-state index in [0.717, 1.165) is 60.7 Å². The molecule has 5 aliphatic rings. The number of hydrogen-bond acceptors (Lipinski definition) is 9. The first-order valence-electron chi connectivity index (χ1n) is 21.7. The van der Waals surface area contributed by atoms with E-state index >= 15 is 0 Å². The fourth-order valence-electron chi connectivity index (χ4n) is 10.0. The smallest absolute Gasteiger partial charge is 0.262 e. The predicted molar refractivity (Wildman–Crippen MR) is 227 cm³/mol. The van der Waals surface area contributed by atoms with Crippen molar-refractivity contribution in [1.29, 1.82) is 0 Å². The Labute approximate surface area is 356 Å². The molecule has 0 aliphatic carbocycles. The third-order valence-electron chi connectivity index (χ3n) is 13.7. The molecule has 8 rings (SSSR count). The van der Waals surface area contributed by atoms with Crippen molar-refractivity contribution in [3.8, 4) is 0 Å². The number of halogens is 1. The number of piperazine rings is 1. The Morgan fingerprint density at radius 3 is 2.20 bits per heavy atom. The summed E-state index contributed by atoms with van der Waals surface area (Å²) < 4.78 is 14.7.